The van der Waals surface area contributed by atoms with Gasteiger partial charge in [0.05, 0.1) is 6.33 Å². The first-order valence-corrected chi connectivity index (χ1v) is 7.22. The van der Waals surface area contributed by atoms with Gasteiger partial charge in [-0.3, -0.25) is 4.79 Å². The first-order valence-electron chi connectivity index (χ1n) is 7.22. The zero-order valence-corrected chi connectivity index (χ0v) is 13.2. The molecular weight excluding hydrogens is 262 g/mol. The molecule has 1 N–H and O–H groups in total. The second-order valence-electron chi connectivity index (χ2n) is 6.33. The van der Waals surface area contributed by atoms with E-state index in [1.165, 1.54) is 5.56 Å². The van der Waals surface area contributed by atoms with Crippen LogP contribution in [0.2, 0.25) is 0 Å². The minimum absolute atomic E-state index is 0.0248. The fourth-order valence-electron chi connectivity index (χ4n) is 2.16. The van der Waals surface area contributed by atoms with Crippen molar-refractivity contribution < 1.29 is 4.79 Å². The maximum Gasteiger partial charge on any atom is 0.251 e. The molecule has 0 atom stereocenters. The fraction of sp³-hybridized carbons (Fsp3) is 0.412. The summed E-state index contributed by atoms with van der Waals surface area (Å²) in [4.78, 5) is 16.3. The van der Waals surface area contributed by atoms with Crippen molar-refractivity contribution in [2.75, 3.05) is 6.54 Å². The third-order valence-corrected chi connectivity index (χ3v) is 3.57. The summed E-state index contributed by atoms with van der Waals surface area (Å²) in [6.07, 6.45) is 4.37. The van der Waals surface area contributed by atoms with E-state index in [0.29, 0.717) is 12.1 Å². The Kier molecular flexibility index (Phi) is 4.46. The number of benzene rings is 1. The number of hydrogen-bond acceptors (Lipinski definition) is 2. The van der Waals surface area contributed by atoms with E-state index < -0.39 is 0 Å². The number of imidazole rings is 1. The summed E-state index contributed by atoms with van der Waals surface area (Å²) in [6.45, 7) is 7.05. The van der Waals surface area contributed by atoms with Crippen LogP contribution in [0, 0.1) is 0 Å². The Hall–Kier alpha value is -2.10. The van der Waals surface area contributed by atoms with Crippen LogP contribution in [-0.2, 0) is 18.9 Å². The molecule has 0 aliphatic rings. The Morgan fingerprint density at radius 1 is 1.33 bits per heavy atom. The smallest absolute Gasteiger partial charge is 0.251 e. The monoisotopic (exact) mass is 285 g/mol. The molecule has 0 fully saturated rings. The summed E-state index contributed by atoms with van der Waals surface area (Å²) in [6, 6.07) is 7.83. The van der Waals surface area contributed by atoms with Crippen molar-refractivity contribution in [2.24, 2.45) is 7.05 Å². The van der Waals surface area contributed by atoms with E-state index in [-0.39, 0.29) is 11.3 Å². The molecule has 21 heavy (non-hydrogen) atoms. The van der Waals surface area contributed by atoms with Crippen LogP contribution in [0.1, 0.15) is 42.4 Å². The Morgan fingerprint density at radius 3 is 2.71 bits per heavy atom. The quantitative estimate of drug-likeness (QED) is 0.939. The zero-order valence-electron chi connectivity index (χ0n) is 13.2. The average Bonchev–Trinajstić information content (AvgIpc) is 2.83. The zero-order chi connectivity index (χ0) is 15.5. The molecule has 1 heterocycles. The molecular formula is C17H23N3O. The van der Waals surface area contributed by atoms with Gasteiger partial charge in [0.15, 0.2) is 0 Å². The first-order chi connectivity index (χ1) is 9.88. The highest BCUT2D eigenvalue weighted by molar-refractivity contribution is 5.94. The van der Waals surface area contributed by atoms with Gasteiger partial charge in [-0.1, -0.05) is 32.9 Å². The Balaban J connectivity index is 1.96. The van der Waals surface area contributed by atoms with E-state index >= 15 is 0 Å². The normalized spacial score (nSPS) is 11.4. The third kappa shape index (κ3) is 3.94. The van der Waals surface area contributed by atoms with Crippen molar-refractivity contribution in [1.82, 2.24) is 14.9 Å². The van der Waals surface area contributed by atoms with Gasteiger partial charge in [0.1, 0.15) is 0 Å². The van der Waals surface area contributed by atoms with Crippen LogP contribution in [0.25, 0.3) is 0 Å². The summed E-state index contributed by atoms with van der Waals surface area (Å²) in [5.41, 5.74) is 3.04. The largest absolute Gasteiger partial charge is 0.352 e. The van der Waals surface area contributed by atoms with Gasteiger partial charge in [0.2, 0.25) is 0 Å². The van der Waals surface area contributed by atoms with E-state index in [2.05, 4.69) is 37.1 Å². The average molecular weight is 285 g/mol. The lowest BCUT2D eigenvalue weighted by molar-refractivity contribution is 0.0954. The summed E-state index contributed by atoms with van der Waals surface area (Å²) >= 11 is 0. The van der Waals surface area contributed by atoms with Gasteiger partial charge in [-0.05, 0) is 23.1 Å². The lowest BCUT2D eigenvalue weighted by Crippen LogP contribution is -2.26. The number of carbonyl (C=O) groups excluding carboxylic acids is 1. The molecule has 0 bridgehead atoms. The van der Waals surface area contributed by atoms with Crippen LogP contribution >= 0.6 is 0 Å². The number of rotatable bonds is 4. The molecule has 2 rings (SSSR count). The van der Waals surface area contributed by atoms with Gasteiger partial charge in [0, 0.05) is 37.5 Å². The molecule has 1 amide bonds. The second-order valence-corrected chi connectivity index (χ2v) is 6.33. The number of carbonyl (C=O) groups is 1. The molecule has 4 heteroatoms. The maximum atomic E-state index is 12.2. The van der Waals surface area contributed by atoms with Crippen molar-refractivity contribution in [3.8, 4) is 0 Å². The molecule has 0 radical (unpaired) electrons. The highest BCUT2D eigenvalue weighted by Crippen LogP contribution is 2.22. The van der Waals surface area contributed by atoms with Crippen molar-refractivity contribution in [3.05, 3.63) is 53.6 Å². The molecule has 112 valence electrons. The highest BCUT2D eigenvalue weighted by Gasteiger charge is 2.15. The summed E-state index contributed by atoms with van der Waals surface area (Å²) in [5, 5.41) is 2.96. The molecule has 2 aromatic rings. The van der Waals surface area contributed by atoms with E-state index in [0.717, 1.165) is 12.1 Å². The number of nitrogens with one attached hydrogen (secondary N) is 1. The van der Waals surface area contributed by atoms with Gasteiger partial charge < -0.3 is 9.88 Å². The van der Waals surface area contributed by atoms with Crippen LogP contribution < -0.4 is 5.32 Å². The van der Waals surface area contributed by atoms with Crippen molar-refractivity contribution in [2.45, 2.75) is 32.6 Å². The standard InChI is InChI=1S/C17H23N3O/c1-17(2,3)14-7-5-6-13(10-14)16(21)19-9-8-15-11-18-12-20(15)4/h5-7,10-12H,8-9H2,1-4H3,(H,19,21). The minimum atomic E-state index is -0.0248. The number of amides is 1. The Bertz CT molecular complexity index is 623. The molecule has 0 unspecified atom stereocenters. The first kappa shape index (κ1) is 15.3. The van der Waals surface area contributed by atoms with Crippen LogP contribution in [0.15, 0.2) is 36.8 Å². The van der Waals surface area contributed by atoms with Crippen molar-refractivity contribution in [3.63, 3.8) is 0 Å². The topological polar surface area (TPSA) is 46.9 Å². The van der Waals surface area contributed by atoms with Crippen LogP contribution in [0.3, 0.4) is 0 Å². The Morgan fingerprint density at radius 2 is 2.10 bits per heavy atom. The molecule has 4 nitrogen and oxygen atoms in total. The number of nitrogens with zero attached hydrogens (tertiary/aromatic N) is 2. The summed E-state index contributed by atoms with van der Waals surface area (Å²) in [5.74, 6) is -0.0248. The molecule has 0 spiro atoms. The van der Waals surface area contributed by atoms with Gasteiger partial charge in [-0.25, -0.2) is 4.98 Å². The predicted molar refractivity (Wildman–Crippen MR) is 84.4 cm³/mol. The summed E-state index contributed by atoms with van der Waals surface area (Å²) < 4.78 is 1.96. The summed E-state index contributed by atoms with van der Waals surface area (Å²) in [7, 11) is 1.96. The van der Waals surface area contributed by atoms with Crippen molar-refractivity contribution >= 4 is 5.91 Å². The SMILES string of the molecule is Cn1cncc1CCNC(=O)c1cccc(C(C)(C)C)c1. The number of aromatic nitrogens is 2. The fourth-order valence-corrected chi connectivity index (χ4v) is 2.16. The van der Waals surface area contributed by atoms with Gasteiger partial charge in [-0.15, -0.1) is 0 Å². The molecule has 0 saturated carbocycles. The maximum absolute atomic E-state index is 12.2. The van der Waals surface area contributed by atoms with Crippen LogP contribution in [0.5, 0.6) is 0 Å². The van der Waals surface area contributed by atoms with Crippen molar-refractivity contribution in [1.29, 1.82) is 0 Å². The molecule has 0 aliphatic heterocycles. The predicted octanol–water partition coefficient (Wildman–Crippen LogP) is 2.69. The molecule has 1 aromatic carbocycles. The molecule has 1 aromatic heterocycles. The third-order valence-electron chi connectivity index (χ3n) is 3.57. The van der Waals surface area contributed by atoms with Crippen LogP contribution in [-0.4, -0.2) is 22.0 Å². The number of aryl methyl sites for hydroxylation is 1. The minimum Gasteiger partial charge on any atom is -0.352 e. The molecule has 0 aliphatic carbocycles. The van der Waals surface area contributed by atoms with E-state index in [1.54, 1.807) is 6.33 Å². The van der Waals surface area contributed by atoms with E-state index in [4.69, 9.17) is 0 Å². The van der Waals surface area contributed by atoms with Gasteiger partial charge >= 0.3 is 0 Å². The Labute approximate surface area is 126 Å². The highest BCUT2D eigenvalue weighted by atomic mass is 16.1. The van der Waals surface area contributed by atoms with Gasteiger partial charge in [-0.2, -0.15) is 0 Å². The lowest BCUT2D eigenvalue weighted by Gasteiger charge is -2.19. The lowest BCUT2D eigenvalue weighted by atomic mass is 9.86. The van der Waals surface area contributed by atoms with E-state index in [1.807, 2.05) is 36.0 Å². The van der Waals surface area contributed by atoms with Crippen LogP contribution in [0.4, 0.5) is 0 Å². The number of hydrogen-bond donors (Lipinski definition) is 1. The van der Waals surface area contributed by atoms with E-state index in [9.17, 15) is 4.79 Å². The second kappa shape index (κ2) is 6.12. The molecule has 0 saturated heterocycles. The van der Waals surface area contributed by atoms with Gasteiger partial charge in [0.25, 0.3) is 5.91 Å².